The lowest BCUT2D eigenvalue weighted by atomic mass is 9.97. The number of benzene rings is 1. The van der Waals surface area contributed by atoms with Crippen molar-refractivity contribution < 1.29 is 14.2 Å². The van der Waals surface area contributed by atoms with Gasteiger partial charge in [-0.25, -0.2) is 0 Å². The number of rotatable bonds is 3. The number of nitrogens with one attached hydrogen (secondary N) is 1. The molecule has 1 aliphatic rings. The molecule has 0 radical (unpaired) electrons. The molecule has 1 aromatic rings. The van der Waals surface area contributed by atoms with E-state index in [4.69, 9.17) is 14.2 Å². The Hall–Kier alpha value is -1.26. The van der Waals surface area contributed by atoms with Crippen LogP contribution in [0.15, 0.2) is 12.1 Å². The molecule has 0 saturated heterocycles. The molecule has 1 aromatic carbocycles. The highest BCUT2D eigenvalue weighted by atomic mass is 16.5. The number of hydrogen-bond acceptors (Lipinski definition) is 4. The van der Waals surface area contributed by atoms with E-state index in [0.717, 1.165) is 30.2 Å². The van der Waals surface area contributed by atoms with E-state index in [2.05, 4.69) is 5.32 Å². The van der Waals surface area contributed by atoms with Crippen LogP contribution >= 0.6 is 0 Å². The first-order valence-corrected chi connectivity index (χ1v) is 5.29. The Kier molecular flexibility index (Phi) is 3.31. The second-order valence-electron chi connectivity index (χ2n) is 3.72. The maximum absolute atomic E-state index is 5.43. The van der Waals surface area contributed by atoms with Gasteiger partial charge in [-0.1, -0.05) is 6.07 Å². The molecular weight excluding hydrogens is 206 g/mol. The SMILES string of the molecule is COc1ccc2c(c1OC)CNCC2OC. The minimum Gasteiger partial charge on any atom is -0.493 e. The van der Waals surface area contributed by atoms with Crippen molar-refractivity contribution in [3.05, 3.63) is 23.3 Å². The van der Waals surface area contributed by atoms with Crippen molar-refractivity contribution in [2.24, 2.45) is 0 Å². The van der Waals surface area contributed by atoms with Crippen molar-refractivity contribution in [1.82, 2.24) is 5.32 Å². The Morgan fingerprint density at radius 2 is 2.00 bits per heavy atom. The largest absolute Gasteiger partial charge is 0.493 e. The third-order valence-corrected chi connectivity index (χ3v) is 2.95. The summed E-state index contributed by atoms with van der Waals surface area (Å²) >= 11 is 0. The molecule has 4 nitrogen and oxygen atoms in total. The van der Waals surface area contributed by atoms with E-state index in [0.29, 0.717) is 0 Å². The summed E-state index contributed by atoms with van der Waals surface area (Å²) < 4.78 is 16.1. The van der Waals surface area contributed by atoms with Gasteiger partial charge in [0.1, 0.15) is 0 Å². The molecule has 0 bridgehead atoms. The van der Waals surface area contributed by atoms with Crippen LogP contribution < -0.4 is 14.8 Å². The standard InChI is InChI=1S/C12H17NO3/c1-14-10-5-4-8-9(12(10)16-3)6-13-7-11(8)15-2/h4-5,11,13H,6-7H2,1-3H3. The van der Waals surface area contributed by atoms with Gasteiger partial charge in [-0.3, -0.25) is 0 Å². The highest BCUT2D eigenvalue weighted by Gasteiger charge is 2.24. The lowest BCUT2D eigenvalue weighted by Gasteiger charge is -2.27. The molecule has 1 aliphatic heterocycles. The molecule has 0 saturated carbocycles. The molecule has 0 aromatic heterocycles. The molecule has 0 fully saturated rings. The Bertz CT molecular complexity index is 379. The molecule has 1 N–H and O–H groups in total. The van der Waals surface area contributed by atoms with Gasteiger partial charge in [-0.15, -0.1) is 0 Å². The maximum Gasteiger partial charge on any atom is 0.165 e. The number of fused-ring (bicyclic) bond motifs is 1. The first-order valence-electron chi connectivity index (χ1n) is 5.29. The molecule has 1 unspecified atom stereocenters. The molecule has 1 atom stereocenters. The number of methoxy groups -OCH3 is 3. The van der Waals surface area contributed by atoms with Crippen LogP contribution in [0.3, 0.4) is 0 Å². The van der Waals surface area contributed by atoms with Gasteiger partial charge in [-0.05, 0) is 11.6 Å². The van der Waals surface area contributed by atoms with Crippen LogP contribution in [0.2, 0.25) is 0 Å². The second kappa shape index (κ2) is 4.72. The fourth-order valence-corrected chi connectivity index (χ4v) is 2.14. The van der Waals surface area contributed by atoms with Crippen LogP contribution in [0.1, 0.15) is 17.2 Å². The molecule has 0 aliphatic carbocycles. The molecule has 16 heavy (non-hydrogen) atoms. The summed E-state index contributed by atoms with van der Waals surface area (Å²) in [5.74, 6) is 1.56. The lowest BCUT2D eigenvalue weighted by molar-refractivity contribution is 0.0948. The van der Waals surface area contributed by atoms with Crippen LogP contribution in [0.4, 0.5) is 0 Å². The van der Waals surface area contributed by atoms with Gasteiger partial charge in [0.15, 0.2) is 11.5 Å². The van der Waals surface area contributed by atoms with Gasteiger partial charge in [0.2, 0.25) is 0 Å². The van der Waals surface area contributed by atoms with Gasteiger partial charge in [0.05, 0.1) is 20.3 Å². The van der Waals surface area contributed by atoms with E-state index in [1.807, 2.05) is 12.1 Å². The highest BCUT2D eigenvalue weighted by molar-refractivity contribution is 5.52. The zero-order valence-corrected chi connectivity index (χ0v) is 9.87. The first kappa shape index (κ1) is 11.2. The van der Waals surface area contributed by atoms with Crippen molar-refractivity contribution >= 4 is 0 Å². The third kappa shape index (κ3) is 1.74. The van der Waals surface area contributed by atoms with Crippen molar-refractivity contribution in [2.45, 2.75) is 12.6 Å². The van der Waals surface area contributed by atoms with Gasteiger partial charge < -0.3 is 19.5 Å². The normalized spacial score (nSPS) is 19.1. The van der Waals surface area contributed by atoms with Crippen LogP contribution in [0, 0.1) is 0 Å². The van der Waals surface area contributed by atoms with E-state index in [9.17, 15) is 0 Å². The molecule has 1 heterocycles. The van der Waals surface area contributed by atoms with Gasteiger partial charge in [0, 0.05) is 25.8 Å². The van der Waals surface area contributed by atoms with E-state index >= 15 is 0 Å². The molecule has 0 spiro atoms. The molecule has 88 valence electrons. The maximum atomic E-state index is 5.43. The summed E-state index contributed by atoms with van der Waals surface area (Å²) in [6, 6.07) is 3.97. The third-order valence-electron chi connectivity index (χ3n) is 2.95. The van der Waals surface area contributed by atoms with E-state index in [1.165, 1.54) is 5.56 Å². The van der Waals surface area contributed by atoms with Crippen LogP contribution in [0.25, 0.3) is 0 Å². The molecular formula is C12H17NO3. The smallest absolute Gasteiger partial charge is 0.165 e. The fraction of sp³-hybridized carbons (Fsp3) is 0.500. The molecule has 4 heteroatoms. The first-order chi connectivity index (χ1) is 7.81. The van der Waals surface area contributed by atoms with Crippen molar-refractivity contribution in [3.63, 3.8) is 0 Å². The van der Waals surface area contributed by atoms with Crippen LogP contribution in [-0.4, -0.2) is 27.9 Å². The Labute approximate surface area is 95.5 Å². The van der Waals surface area contributed by atoms with Gasteiger partial charge in [0.25, 0.3) is 0 Å². The Morgan fingerprint density at radius 3 is 2.62 bits per heavy atom. The van der Waals surface area contributed by atoms with Crippen molar-refractivity contribution in [3.8, 4) is 11.5 Å². The minimum atomic E-state index is 0.0866. The monoisotopic (exact) mass is 223 g/mol. The zero-order chi connectivity index (χ0) is 11.5. The lowest BCUT2D eigenvalue weighted by Crippen LogP contribution is -2.29. The van der Waals surface area contributed by atoms with Crippen LogP contribution in [-0.2, 0) is 11.3 Å². The van der Waals surface area contributed by atoms with Gasteiger partial charge >= 0.3 is 0 Å². The Balaban J connectivity index is 2.50. The number of ether oxygens (including phenoxy) is 3. The summed E-state index contributed by atoms with van der Waals surface area (Å²) in [5, 5.41) is 3.31. The second-order valence-corrected chi connectivity index (χ2v) is 3.72. The predicted molar refractivity (Wildman–Crippen MR) is 61.0 cm³/mol. The minimum absolute atomic E-state index is 0.0866. The van der Waals surface area contributed by atoms with E-state index < -0.39 is 0 Å². The zero-order valence-electron chi connectivity index (χ0n) is 9.87. The van der Waals surface area contributed by atoms with Crippen molar-refractivity contribution in [2.75, 3.05) is 27.9 Å². The predicted octanol–water partition coefficient (Wildman–Crippen LogP) is 1.49. The summed E-state index contributed by atoms with van der Waals surface area (Å²) in [6.07, 6.45) is 0.0866. The number of hydrogen-bond donors (Lipinski definition) is 1. The summed E-state index contributed by atoms with van der Waals surface area (Å²) in [4.78, 5) is 0. The molecule has 2 rings (SSSR count). The van der Waals surface area contributed by atoms with Crippen molar-refractivity contribution in [1.29, 1.82) is 0 Å². The van der Waals surface area contributed by atoms with E-state index in [1.54, 1.807) is 21.3 Å². The Morgan fingerprint density at radius 1 is 1.19 bits per heavy atom. The topological polar surface area (TPSA) is 39.7 Å². The quantitative estimate of drug-likeness (QED) is 0.843. The fourth-order valence-electron chi connectivity index (χ4n) is 2.14. The molecule has 0 amide bonds. The summed E-state index contributed by atoms with van der Waals surface area (Å²) in [7, 11) is 5.03. The highest BCUT2D eigenvalue weighted by Crippen LogP contribution is 2.38. The summed E-state index contributed by atoms with van der Waals surface area (Å²) in [6.45, 7) is 1.62. The van der Waals surface area contributed by atoms with E-state index in [-0.39, 0.29) is 6.10 Å². The average molecular weight is 223 g/mol. The average Bonchev–Trinajstić information content (AvgIpc) is 2.36. The van der Waals surface area contributed by atoms with Gasteiger partial charge in [-0.2, -0.15) is 0 Å². The van der Waals surface area contributed by atoms with Crippen LogP contribution in [0.5, 0.6) is 11.5 Å². The summed E-state index contributed by atoms with van der Waals surface area (Å²) in [5.41, 5.74) is 2.30.